The van der Waals surface area contributed by atoms with E-state index in [9.17, 15) is 0 Å². The predicted molar refractivity (Wildman–Crippen MR) is 84.4 cm³/mol. The zero-order valence-corrected chi connectivity index (χ0v) is 12.8. The molecule has 2 saturated carbocycles. The second kappa shape index (κ2) is 5.65. The van der Waals surface area contributed by atoms with Crippen LogP contribution in [0, 0.1) is 5.92 Å². The Morgan fingerprint density at radius 2 is 2.05 bits per heavy atom. The quantitative estimate of drug-likeness (QED) is 0.660. The van der Waals surface area contributed by atoms with Crippen molar-refractivity contribution in [3.8, 4) is 0 Å². The molecule has 2 fully saturated rings. The maximum Gasteiger partial charge on any atom is 0.191 e. The molecule has 1 aromatic rings. The summed E-state index contributed by atoms with van der Waals surface area (Å²) in [7, 11) is 0. The first-order chi connectivity index (χ1) is 9.67. The lowest BCUT2D eigenvalue weighted by molar-refractivity contribution is 0.749. The molecule has 2 aliphatic carbocycles. The van der Waals surface area contributed by atoms with Crippen LogP contribution in [0.5, 0.6) is 0 Å². The number of rotatable bonds is 4. The van der Waals surface area contributed by atoms with Crippen LogP contribution in [-0.4, -0.2) is 24.6 Å². The van der Waals surface area contributed by atoms with Gasteiger partial charge in [0.15, 0.2) is 5.96 Å². The summed E-state index contributed by atoms with van der Waals surface area (Å²) < 4.78 is 0. The van der Waals surface area contributed by atoms with Crippen molar-refractivity contribution in [2.24, 2.45) is 10.9 Å². The van der Waals surface area contributed by atoms with Crippen LogP contribution in [0.25, 0.3) is 0 Å². The molecule has 4 atom stereocenters. The monoisotopic (exact) mass is 291 g/mol. The first-order valence-corrected chi connectivity index (χ1v) is 7.88. The fraction of sp³-hybridized carbons (Fsp3) is 0.562. The summed E-state index contributed by atoms with van der Waals surface area (Å²) in [4.78, 5) is 4.53. The van der Waals surface area contributed by atoms with E-state index in [1.807, 2.05) is 12.1 Å². The maximum atomic E-state index is 6.06. The zero-order chi connectivity index (χ0) is 14.1. The number of guanidine groups is 1. The van der Waals surface area contributed by atoms with Crippen LogP contribution in [0.2, 0.25) is 5.02 Å². The number of hydrogen-bond donors (Lipinski definition) is 2. The molecule has 2 N–H and O–H groups in total. The summed E-state index contributed by atoms with van der Waals surface area (Å²) in [6, 6.07) is 9.27. The smallest absolute Gasteiger partial charge is 0.191 e. The number of halogens is 1. The lowest BCUT2D eigenvalue weighted by Gasteiger charge is -2.12. The maximum absolute atomic E-state index is 6.06. The van der Waals surface area contributed by atoms with Gasteiger partial charge in [0.05, 0.1) is 0 Å². The zero-order valence-electron chi connectivity index (χ0n) is 12.1. The number of nitrogens with zero attached hydrogens (tertiary/aromatic N) is 1. The molecule has 20 heavy (non-hydrogen) atoms. The molecule has 0 heterocycles. The molecule has 0 spiro atoms. The predicted octanol–water partition coefficient (Wildman–Crippen LogP) is 3.16. The fourth-order valence-corrected chi connectivity index (χ4v) is 2.82. The summed E-state index contributed by atoms with van der Waals surface area (Å²) in [5, 5.41) is 7.88. The van der Waals surface area contributed by atoms with Crippen molar-refractivity contribution in [1.82, 2.24) is 10.6 Å². The number of nitrogens with one attached hydrogen (secondary N) is 2. The number of hydrogen-bond acceptors (Lipinski definition) is 1. The Bertz CT molecular complexity index is 514. The van der Waals surface area contributed by atoms with Gasteiger partial charge in [0.1, 0.15) is 0 Å². The minimum atomic E-state index is 0.486. The average molecular weight is 292 g/mol. The fourth-order valence-electron chi connectivity index (χ4n) is 2.63. The Kier molecular flexibility index (Phi) is 3.88. The van der Waals surface area contributed by atoms with Gasteiger partial charge in [-0.2, -0.15) is 0 Å². The molecule has 0 amide bonds. The first kappa shape index (κ1) is 13.7. The van der Waals surface area contributed by atoms with E-state index in [1.165, 1.54) is 12.0 Å². The third kappa shape index (κ3) is 3.26. The van der Waals surface area contributed by atoms with Crippen molar-refractivity contribution < 1.29 is 0 Å². The molecule has 1 aromatic carbocycles. The van der Waals surface area contributed by atoms with Crippen LogP contribution in [0.3, 0.4) is 0 Å². The van der Waals surface area contributed by atoms with Crippen LogP contribution < -0.4 is 10.6 Å². The van der Waals surface area contributed by atoms with Crippen molar-refractivity contribution in [3.05, 3.63) is 34.9 Å². The van der Waals surface area contributed by atoms with Gasteiger partial charge in [0.25, 0.3) is 0 Å². The van der Waals surface area contributed by atoms with Crippen molar-refractivity contribution in [3.63, 3.8) is 0 Å². The summed E-state index contributed by atoms with van der Waals surface area (Å²) >= 11 is 6.06. The Morgan fingerprint density at radius 3 is 2.70 bits per heavy atom. The SMILES string of the molecule is CCN=C(NC1CC1C)NC1CC1c1cccc(Cl)c1. The van der Waals surface area contributed by atoms with Crippen molar-refractivity contribution in [1.29, 1.82) is 0 Å². The van der Waals surface area contributed by atoms with Gasteiger partial charge < -0.3 is 10.6 Å². The van der Waals surface area contributed by atoms with Gasteiger partial charge in [0, 0.05) is 29.6 Å². The molecule has 4 unspecified atom stereocenters. The van der Waals surface area contributed by atoms with E-state index in [0.29, 0.717) is 18.0 Å². The van der Waals surface area contributed by atoms with Gasteiger partial charge in [-0.25, -0.2) is 0 Å². The third-order valence-corrected chi connectivity index (χ3v) is 4.37. The molecular weight excluding hydrogens is 270 g/mol. The molecule has 0 bridgehead atoms. The third-order valence-electron chi connectivity index (χ3n) is 4.14. The molecule has 2 aliphatic rings. The number of benzene rings is 1. The Balaban J connectivity index is 1.57. The topological polar surface area (TPSA) is 36.4 Å². The molecule has 0 saturated heterocycles. The normalized spacial score (nSPS) is 31.9. The highest BCUT2D eigenvalue weighted by Gasteiger charge is 2.40. The van der Waals surface area contributed by atoms with Gasteiger partial charge in [-0.05, 0) is 43.4 Å². The molecule has 0 radical (unpaired) electrons. The van der Waals surface area contributed by atoms with E-state index in [0.717, 1.165) is 29.9 Å². The van der Waals surface area contributed by atoms with Gasteiger partial charge in [-0.15, -0.1) is 0 Å². The molecular formula is C16H22ClN3. The van der Waals surface area contributed by atoms with E-state index >= 15 is 0 Å². The molecule has 3 rings (SSSR count). The van der Waals surface area contributed by atoms with Crippen molar-refractivity contribution >= 4 is 17.6 Å². The van der Waals surface area contributed by atoms with Crippen molar-refractivity contribution in [2.45, 2.75) is 44.7 Å². The van der Waals surface area contributed by atoms with Crippen LogP contribution in [0.1, 0.15) is 38.2 Å². The highest BCUT2D eigenvalue weighted by Crippen LogP contribution is 2.41. The van der Waals surface area contributed by atoms with Gasteiger partial charge in [-0.3, -0.25) is 4.99 Å². The first-order valence-electron chi connectivity index (χ1n) is 7.50. The second-order valence-electron chi connectivity index (χ2n) is 5.93. The summed E-state index contributed by atoms with van der Waals surface area (Å²) in [5.74, 6) is 2.31. The van der Waals surface area contributed by atoms with Crippen molar-refractivity contribution in [2.75, 3.05) is 6.54 Å². The lowest BCUT2D eigenvalue weighted by atomic mass is 10.1. The van der Waals surface area contributed by atoms with Gasteiger partial charge in [-0.1, -0.05) is 30.7 Å². The van der Waals surface area contributed by atoms with Crippen LogP contribution >= 0.6 is 11.6 Å². The molecule has 0 aromatic heterocycles. The Morgan fingerprint density at radius 1 is 1.30 bits per heavy atom. The van der Waals surface area contributed by atoms with E-state index in [1.54, 1.807) is 0 Å². The van der Waals surface area contributed by atoms with Gasteiger partial charge in [0.2, 0.25) is 0 Å². The van der Waals surface area contributed by atoms with E-state index < -0.39 is 0 Å². The Labute approximate surface area is 125 Å². The minimum Gasteiger partial charge on any atom is -0.353 e. The number of aliphatic imine (C=N–C) groups is 1. The van der Waals surface area contributed by atoms with E-state index in [2.05, 4.69) is 41.6 Å². The molecule has 0 aliphatic heterocycles. The van der Waals surface area contributed by atoms with E-state index in [-0.39, 0.29) is 0 Å². The highest BCUT2D eigenvalue weighted by atomic mass is 35.5. The summed E-state index contributed by atoms with van der Waals surface area (Å²) in [6.07, 6.45) is 2.41. The standard InChI is InChI=1S/C16H22ClN3/c1-3-18-16(19-14-7-10(14)2)20-15-9-13(15)11-5-4-6-12(17)8-11/h4-6,8,10,13-15H,3,7,9H2,1-2H3,(H2,18,19,20). The Hall–Kier alpha value is -1.22. The van der Waals surface area contributed by atoms with Crippen LogP contribution in [0.15, 0.2) is 29.3 Å². The van der Waals surface area contributed by atoms with Crippen LogP contribution in [0.4, 0.5) is 0 Å². The molecule has 4 heteroatoms. The molecule has 108 valence electrons. The van der Waals surface area contributed by atoms with Gasteiger partial charge >= 0.3 is 0 Å². The second-order valence-corrected chi connectivity index (χ2v) is 6.37. The highest BCUT2D eigenvalue weighted by molar-refractivity contribution is 6.30. The lowest BCUT2D eigenvalue weighted by Crippen LogP contribution is -2.40. The average Bonchev–Trinajstić information content (AvgIpc) is 3.30. The van der Waals surface area contributed by atoms with Crippen LogP contribution in [-0.2, 0) is 0 Å². The molecule has 3 nitrogen and oxygen atoms in total. The minimum absolute atomic E-state index is 0.486. The largest absolute Gasteiger partial charge is 0.353 e. The summed E-state index contributed by atoms with van der Waals surface area (Å²) in [6.45, 7) is 5.15. The van der Waals surface area contributed by atoms with E-state index in [4.69, 9.17) is 11.6 Å². The summed E-state index contributed by atoms with van der Waals surface area (Å²) in [5.41, 5.74) is 1.32.